The highest BCUT2D eigenvalue weighted by atomic mass is 16.5. The Hall–Kier alpha value is -1.55. The second-order valence-corrected chi connectivity index (χ2v) is 4.54. The van der Waals surface area contributed by atoms with Gasteiger partial charge in [-0.25, -0.2) is 0 Å². The van der Waals surface area contributed by atoms with E-state index in [9.17, 15) is 4.79 Å². The van der Waals surface area contributed by atoms with Crippen LogP contribution in [0.15, 0.2) is 18.2 Å². The number of hydrogen-bond donors (Lipinski definition) is 1. The molecule has 0 fully saturated rings. The van der Waals surface area contributed by atoms with E-state index in [0.29, 0.717) is 6.42 Å². The number of benzene rings is 1. The minimum absolute atomic E-state index is 0.0273. The van der Waals surface area contributed by atoms with E-state index in [1.807, 2.05) is 12.1 Å². The van der Waals surface area contributed by atoms with Crippen LogP contribution in [0.1, 0.15) is 36.4 Å². The van der Waals surface area contributed by atoms with Crippen molar-refractivity contribution in [1.82, 2.24) is 0 Å². The number of carbonyl (C=O) groups excluding carboxylic acids is 1. The van der Waals surface area contributed by atoms with Crippen molar-refractivity contribution < 1.29 is 14.3 Å². The summed E-state index contributed by atoms with van der Waals surface area (Å²) in [5, 5.41) is 0. The third-order valence-electron chi connectivity index (χ3n) is 3.27. The fraction of sp³-hybridized carbons (Fsp3) is 0.500. The van der Waals surface area contributed by atoms with Gasteiger partial charge < -0.3 is 15.2 Å². The van der Waals surface area contributed by atoms with Crippen LogP contribution in [-0.4, -0.2) is 19.7 Å². The van der Waals surface area contributed by atoms with Gasteiger partial charge in [0.05, 0.1) is 13.7 Å². The summed E-state index contributed by atoms with van der Waals surface area (Å²) in [5.74, 6) is 0.796. The molecule has 98 valence electrons. The molecular formula is C14H19NO3. The molecule has 2 N–H and O–H groups in total. The first-order chi connectivity index (χ1) is 8.70. The fourth-order valence-electron chi connectivity index (χ4n) is 2.17. The number of nitrogens with two attached hydrogens (primary N) is 1. The lowest BCUT2D eigenvalue weighted by Gasteiger charge is -2.12. The van der Waals surface area contributed by atoms with Crippen molar-refractivity contribution >= 4 is 5.97 Å². The monoisotopic (exact) mass is 249 g/mol. The van der Waals surface area contributed by atoms with Crippen molar-refractivity contribution in [3.63, 3.8) is 0 Å². The van der Waals surface area contributed by atoms with Crippen LogP contribution in [0.5, 0.6) is 5.75 Å². The molecule has 0 saturated carbocycles. The first kappa shape index (κ1) is 12.9. The first-order valence-electron chi connectivity index (χ1n) is 6.28. The minimum Gasteiger partial charge on any atom is -0.493 e. The van der Waals surface area contributed by atoms with E-state index in [0.717, 1.165) is 37.2 Å². The Bertz CT molecular complexity index is 431. The average Bonchev–Trinajstić information content (AvgIpc) is 2.85. The van der Waals surface area contributed by atoms with Crippen molar-refractivity contribution in [2.75, 3.05) is 13.7 Å². The number of fused-ring (bicyclic) bond motifs is 1. The summed E-state index contributed by atoms with van der Waals surface area (Å²) in [6.07, 6.45) is 2.92. The van der Waals surface area contributed by atoms with Crippen molar-refractivity contribution in [3.05, 3.63) is 29.3 Å². The highest BCUT2D eigenvalue weighted by molar-refractivity contribution is 5.69. The van der Waals surface area contributed by atoms with Gasteiger partial charge in [0.2, 0.25) is 0 Å². The molecule has 2 rings (SSSR count). The Kier molecular flexibility index (Phi) is 4.20. The molecule has 1 heterocycles. The number of rotatable bonds is 5. The maximum Gasteiger partial charge on any atom is 0.305 e. The van der Waals surface area contributed by atoms with Crippen LogP contribution >= 0.6 is 0 Å². The van der Waals surface area contributed by atoms with E-state index in [4.69, 9.17) is 10.5 Å². The van der Waals surface area contributed by atoms with Crippen LogP contribution in [0.3, 0.4) is 0 Å². The van der Waals surface area contributed by atoms with Gasteiger partial charge in [-0.1, -0.05) is 12.1 Å². The molecule has 1 unspecified atom stereocenters. The lowest BCUT2D eigenvalue weighted by molar-refractivity contribution is -0.140. The van der Waals surface area contributed by atoms with Crippen LogP contribution in [-0.2, 0) is 16.0 Å². The number of hydrogen-bond acceptors (Lipinski definition) is 4. The zero-order chi connectivity index (χ0) is 13.0. The standard InChI is InChI=1S/C14H19NO3/c1-17-14(16)4-2-3-12(15)10-5-6-13-11(9-10)7-8-18-13/h5-6,9,12H,2-4,7-8,15H2,1H3. The molecule has 0 aliphatic carbocycles. The largest absolute Gasteiger partial charge is 0.493 e. The Balaban J connectivity index is 1.89. The highest BCUT2D eigenvalue weighted by Crippen LogP contribution is 2.28. The SMILES string of the molecule is COC(=O)CCCC(N)c1ccc2c(c1)CCO2. The predicted molar refractivity (Wildman–Crippen MR) is 68.4 cm³/mol. The topological polar surface area (TPSA) is 61.5 Å². The van der Waals surface area contributed by atoms with Crippen LogP contribution in [0.25, 0.3) is 0 Å². The summed E-state index contributed by atoms with van der Waals surface area (Å²) in [4.78, 5) is 11.0. The molecule has 1 aliphatic heterocycles. The number of carbonyl (C=O) groups is 1. The molecule has 0 spiro atoms. The van der Waals surface area contributed by atoms with E-state index >= 15 is 0 Å². The smallest absolute Gasteiger partial charge is 0.305 e. The minimum atomic E-state index is -0.176. The number of esters is 1. The molecule has 1 aromatic carbocycles. The van der Waals surface area contributed by atoms with Gasteiger partial charge in [0.25, 0.3) is 0 Å². The normalized spacial score (nSPS) is 14.8. The zero-order valence-electron chi connectivity index (χ0n) is 10.6. The summed E-state index contributed by atoms with van der Waals surface area (Å²) < 4.78 is 10.1. The molecular weight excluding hydrogens is 230 g/mol. The van der Waals surface area contributed by atoms with E-state index < -0.39 is 0 Å². The first-order valence-corrected chi connectivity index (χ1v) is 6.28. The van der Waals surface area contributed by atoms with E-state index in [1.165, 1.54) is 12.7 Å². The molecule has 4 nitrogen and oxygen atoms in total. The molecule has 1 atom stereocenters. The molecule has 0 saturated heterocycles. The van der Waals surface area contributed by atoms with Gasteiger partial charge in [0.15, 0.2) is 0 Å². The van der Waals surface area contributed by atoms with Crippen molar-refractivity contribution in [3.8, 4) is 5.75 Å². The van der Waals surface area contributed by atoms with Gasteiger partial charge in [-0.2, -0.15) is 0 Å². The quantitative estimate of drug-likeness (QED) is 0.810. The zero-order valence-corrected chi connectivity index (χ0v) is 10.6. The van der Waals surface area contributed by atoms with Gasteiger partial charge in [-0.05, 0) is 30.0 Å². The summed E-state index contributed by atoms with van der Waals surface area (Å²) in [6, 6.07) is 6.08. The molecule has 0 radical (unpaired) electrons. The second-order valence-electron chi connectivity index (χ2n) is 4.54. The molecule has 18 heavy (non-hydrogen) atoms. The van der Waals surface area contributed by atoms with E-state index in [1.54, 1.807) is 0 Å². The Morgan fingerprint density at radius 2 is 2.39 bits per heavy atom. The van der Waals surface area contributed by atoms with Crippen molar-refractivity contribution in [1.29, 1.82) is 0 Å². The molecule has 0 bridgehead atoms. The van der Waals surface area contributed by atoms with Gasteiger partial charge >= 0.3 is 5.97 Å². The van der Waals surface area contributed by atoms with Crippen LogP contribution in [0, 0.1) is 0 Å². The molecule has 0 aromatic heterocycles. The summed E-state index contributed by atoms with van der Waals surface area (Å²) in [5.41, 5.74) is 8.47. The van der Waals surface area contributed by atoms with E-state index in [-0.39, 0.29) is 12.0 Å². The third kappa shape index (κ3) is 3.01. The summed E-state index contributed by atoms with van der Waals surface area (Å²) in [7, 11) is 1.41. The van der Waals surface area contributed by atoms with Gasteiger partial charge in [0, 0.05) is 18.9 Å². The highest BCUT2D eigenvalue weighted by Gasteiger charge is 2.15. The second kappa shape index (κ2) is 5.87. The fourth-order valence-corrected chi connectivity index (χ4v) is 2.17. The third-order valence-corrected chi connectivity index (χ3v) is 3.27. The Labute approximate surface area is 107 Å². The van der Waals surface area contributed by atoms with Gasteiger partial charge in [0.1, 0.15) is 5.75 Å². The van der Waals surface area contributed by atoms with Crippen LogP contribution in [0.2, 0.25) is 0 Å². The molecule has 1 aromatic rings. The number of ether oxygens (including phenoxy) is 2. The maximum absolute atomic E-state index is 11.0. The van der Waals surface area contributed by atoms with Crippen molar-refractivity contribution in [2.45, 2.75) is 31.7 Å². The lowest BCUT2D eigenvalue weighted by atomic mass is 9.99. The molecule has 4 heteroatoms. The number of methoxy groups -OCH3 is 1. The van der Waals surface area contributed by atoms with E-state index in [2.05, 4.69) is 10.8 Å². The average molecular weight is 249 g/mol. The maximum atomic E-state index is 11.0. The van der Waals surface area contributed by atoms with Gasteiger partial charge in [-0.15, -0.1) is 0 Å². The van der Waals surface area contributed by atoms with Gasteiger partial charge in [-0.3, -0.25) is 4.79 Å². The predicted octanol–water partition coefficient (Wildman–Crippen LogP) is 1.96. The Morgan fingerprint density at radius 1 is 1.56 bits per heavy atom. The molecule has 0 amide bonds. The van der Waals surface area contributed by atoms with Crippen molar-refractivity contribution in [2.24, 2.45) is 5.73 Å². The molecule has 1 aliphatic rings. The lowest BCUT2D eigenvalue weighted by Crippen LogP contribution is -2.11. The summed E-state index contributed by atoms with van der Waals surface area (Å²) >= 11 is 0. The Morgan fingerprint density at radius 3 is 3.17 bits per heavy atom. The van der Waals surface area contributed by atoms with Crippen LogP contribution < -0.4 is 10.5 Å². The summed E-state index contributed by atoms with van der Waals surface area (Å²) in [6.45, 7) is 0.760. The van der Waals surface area contributed by atoms with Crippen LogP contribution in [0.4, 0.5) is 0 Å².